The summed E-state index contributed by atoms with van der Waals surface area (Å²) in [5.74, 6) is -1.01. The number of amides is 1. The maximum Gasteiger partial charge on any atom is 0.235 e. The standard InChI is InChI=1S/C16H19NO3S2/c1-13-4-2-5-14(10-13)11-22(19,20)12-16(18)17-8-7-15-6-3-9-21-15/h2-6,9-10H,7-8,11-12H2,1H3,(H,17,18). The minimum absolute atomic E-state index is 0.104. The summed E-state index contributed by atoms with van der Waals surface area (Å²) in [4.78, 5) is 12.9. The average Bonchev–Trinajstić information content (AvgIpc) is 2.90. The van der Waals surface area contributed by atoms with Crippen molar-refractivity contribution in [2.75, 3.05) is 12.3 Å². The highest BCUT2D eigenvalue weighted by molar-refractivity contribution is 7.91. The Hall–Kier alpha value is -1.66. The molecule has 0 unspecified atom stereocenters. The summed E-state index contributed by atoms with van der Waals surface area (Å²) in [5.41, 5.74) is 1.72. The van der Waals surface area contributed by atoms with E-state index < -0.39 is 21.5 Å². The van der Waals surface area contributed by atoms with Gasteiger partial charge in [-0.25, -0.2) is 8.42 Å². The van der Waals surface area contributed by atoms with E-state index in [-0.39, 0.29) is 5.75 Å². The first-order valence-corrected chi connectivity index (χ1v) is 9.70. The van der Waals surface area contributed by atoms with Crippen molar-refractivity contribution in [3.05, 3.63) is 57.8 Å². The van der Waals surface area contributed by atoms with Crippen LogP contribution in [0.2, 0.25) is 0 Å². The first-order valence-electron chi connectivity index (χ1n) is 7.00. The van der Waals surface area contributed by atoms with Crippen LogP contribution in [0.4, 0.5) is 0 Å². The van der Waals surface area contributed by atoms with Crippen molar-refractivity contribution >= 4 is 27.1 Å². The summed E-state index contributed by atoms with van der Waals surface area (Å²) < 4.78 is 24.1. The molecule has 0 atom stereocenters. The van der Waals surface area contributed by atoms with Crippen LogP contribution >= 0.6 is 11.3 Å². The van der Waals surface area contributed by atoms with E-state index in [9.17, 15) is 13.2 Å². The molecular weight excluding hydrogens is 318 g/mol. The highest BCUT2D eigenvalue weighted by Crippen LogP contribution is 2.10. The lowest BCUT2D eigenvalue weighted by atomic mass is 10.2. The molecule has 0 aliphatic carbocycles. The number of thiophene rings is 1. The lowest BCUT2D eigenvalue weighted by Crippen LogP contribution is -2.32. The molecule has 0 radical (unpaired) electrons. The van der Waals surface area contributed by atoms with E-state index in [1.807, 2.05) is 42.6 Å². The number of rotatable bonds is 7. The molecule has 1 heterocycles. The number of carbonyl (C=O) groups is 1. The topological polar surface area (TPSA) is 63.2 Å². The quantitative estimate of drug-likeness (QED) is 0.843. The monoisotopic (exact) mass is 337 g/mol. The van der Waals surface area contributed by atoms with Gasteiger partial charge in [0, 0.05) is 11.4 Å². The molecule has 0 aliphatic rings. The second kappa shape index (κ2) is 7.56. The van der Waals surface area contributed by atoms with Gasteiger partial charge < -0.3 is 5.32 Å². The molecule has 22 heavy (non-hydrogen) atoms. The Morgan fingerprint density at radius 1 is 1.23 bits per heavy atom. The van der Waals surface area contributed by atoms with Gasteiger partial charge in [0.05, 0.1) is 5.75 Å². The Kier molecular flexibility index (Phi) is 5.74. The second-order valence-corrected chi connectivity index (χ2v) is 8.30. The van der Waals surface area contributed by atoms with Crippen LogP contribution in [-0.4, -0.2) is 26.6 Å². The molecule has 1 aromatic heterocycles. The molecular formula is C16H19NO3S2. The van der Waals surface area contributed by atoms with Gasteiger partial charge in [0.1, 0.15) is 5.75 Å². The lowest BCUT2D eigenvalue weighted by molar-refractivity contribution is -0.118. The van der Waals surface area contributed by atoms with Crippen LogP contribution in [0.15, 0.2) is 41.8 Å². The summed E-state index contributed by atoms with van der Waals surface area (Å²) in [6, 6.07) is 11.3. The maximum atomic E-state index is 12.1. The molecule has 0 aliphatic heterocycles. The Balaban J connectivity index is 1.81. The Bertz CT molecular complexity index is 722. The minimum Gasteiger partial charge on any atom is -0.355 e. The summed E-state index contributed by atoms with van der Waals surface area (Å²) in [7, 11) is -3.44. The normalized spacial score (nSPS) is 11.3. The molecule has 0 bridgehead atoms. The summed E-state index contributed by atoms with van der Waals surface area (Å²) in [6.45, 7) is 2.37. The van der Waals surface area contributed by atoms with E-state index in [2.05, 4.69) is 5.32 Å². The Morgan fingerprint density at radius 2 is 2.05 bits per heavy atom. The van der Waals surface area contributed by atoms with Crippen LogP contribution in [0.1, 0.15) is 16.0 Å². The molecule has 0 spiro atoms. The van der Waals surface area contributed by atoms with Crippen LogP contribution in [0, 0.1) is 6.92 Å². The first-order chi connectivity index (χ1) is 10.4. The van der Waals surface area contributed by atoms with Gasteiger partial charge in [-0.3, -0.25) is 4.79 Å². The third-order valence-corrected chi connectivity index (χ3v) is 5.51. The van der Waals surface area contributed by atoms with Gasteiger partial charge in [0.15, 0.2) is 9.84 Å². The van der Waals surface area contributed by atoms with Gasteiger partial charge >= 0.3 is 0 Å². The highest BCUT2D eigenvalue weighted by Gasteiger charge is 2.17. The highest BCUT2D eigenvalue weighted by atomic mass is 32.2. The number of benzene rings is 1. The van der Waals surface area contributed by atoms with Crippen molar-refractivity contribution < 1.29 is 13.2 Å². The zero-order valence-electron chi connectivity index (χ0n) is 12.4. The predicted molar refractivity (Wildman–Crippen MR) is 89.7 cm³/mol. The van der Waals surface area contributed by atoms with Crippen LogP contribution in [0.25, 0.3) is 0 Å². The van der Waals surface area contributed by atoms with E-state index >= 15 is 0 Å². The summed E-state index contributed by atoms with van der Waals surface area (Å²) >= 11 is 1.62. The predicted octanol–water partition coefficient (Wildman–Crippen LogP) is 2.33. The van der Waals surface area contributed by atoms with Gasteiger partial charge in [-0.05, 0) is 30.4 Å². The molecule has 1 amide bonds. The molecule has 2 rings (SSSR count). The first kappa shape index (κ1) is 16.7. The largest absolute Gasteiger partial charge is 0.355 e. The summed E-state index contributed by atoms with van der Waals surface area (Å²) in [5, 5.41) is 4.64. The van der Waals surface area contributed by atoms with E-state index in [4.69, 9.17) is 0 Å². The third kappa shape index (κ3) is 5.61. The average molecular weight is 337 g/mol. The van der Waals surface area contributed by atoms with Gasteiger partial charge in [-0.15, -0.1) is 11.3 Å². The fourth-order valence-electron chi connectivity index (χ4n) is 2.14. The number of nitrogens with one attached hydrogen (secondary N) is 1. The van der Waals surface area contributed by atoms with Crippen LogP contribution in [0.3, 0.4) is 0 Å². The van der Waals surface area contributed by atoms with E-state index in [0.717, 1.165) is 12.0 Å². The molecule has 1 aromatic carbocycles. The molecule has 1 N–H and O–H groups in total. The van der Waals surface area contributed by atoms with E-state index in [1.54, 1.807) is 17.4 Å². The van der Waals surface area contributed by atoms with Gasteiger partial charge in [-0.1, -0.05) is 35.9 Å². The van der Waals surface area contributed by atoms with Crippen LogP contribution < -0.4 is 5.32 Å². The van der Waals surface area contributed by atoms with Crippen molar-refractivity contribution in [3.63, 3.8) is 0 Å². The Morgan fingerprint density at radius 3 is 2.73 bits per heavy atom. The summed E-state index contributed by atoms with van der Waals surface area (Å²) in [6.07, 6.45) is 0.724. The minimum atomic E-state index is -3.44. The molecule has 118 valence electrons. The van der Waals surface area contributed by atoms with Gasteiger partial charge in [0.2, 0.25) is 5.91 Å². The van der Waals surface area contributed by atoms with Gasteiger partial charge in [-0.2, -0.15) is 0 Å². The van der Waals surface area contributed by atoms with Crippen molar-refractivity contribution in [3.8, 4) is 0 Å². The maximum absolute atomic E-state index is 12.1. The fraction of sp³-hybridized carbons (Fsp3) is 0.312. The third-order valence-electron chi connectivity index (χ3n) is 3.09. The van der Waals surface area contributed by atoms with Crippen molar-refractivity contribution in [2.24, 2.45) is 0 Å². The SMILES string of the molecule is Cc1cccc(CS(=O)(=O)CC(=O)NCCc2cccs2)c1. The second-order valence-electron chi connectivity index (χ2n) is 5.20. The fourth-order valence-corrected chi connectivity index (χ4v) is 4.14. The van der Waals surface area contributed by atoms with Crippen LogP contribution in [0.5, 0.6) is 0 Å². The number of hydrogen-bond donors (Lipinski definition) is 1. The van der Waals surface area contributed by atoms with Gasteiger partial charge in [0.25, 0.3) is 0 Å². The zero-order chi connectivity index (χ0) is 16.0. The van der Waals surface area contributed by atoms with Crippen molar-refractivity contribution in [2.45, 2.75) is 19.1 Å². The number of sulfone groups is 1. The number of hydrogen-bond acceptors (Lipinski definition) is 4. The molecule has 0 fully saturated rings. The molecule has 2 aromatic rings. The van der Waals surface area contributed by atoms with Crippen molar-refractivity contribution in [1.82, 2.24) is 5.32 Å². The molecule has 6 heteroatoms. The van der Waals surface area contributed by atoms with E-state index in [1.165, 1.54) is 4.88 Å². The van der Waals surface area contributed by atoms with E-state index in [0.29, 0.717) is 12.1 Å². The zero-order valence-corrected chi connectivity index (χ0v) is 14.0. The lowest BCUT2D eigenvalue weighted by Gasteiger charge is -2.06. The molecule has 0 saturated carbocycles. The number of aryl methyl sites for hydroxylation is 1. The Labute approximate surface area is 135 Å². The van der Waals surface area contributed by atoms with Crippen molar-refractivity contribution in [1.29, 1.82) is 0 Å². The smallest absolute Gasteiger partial charge is 0.235 e. The molecule has 4 nitrogen and oxygen atoms in total. The molecule has 0 saturated heterocycles. The number of carbonyl (C=O) groups excluding carboxylic acids is 1. The van der Waals surface area contributed by atoms with Crippen LogP contribution in [-0.2, 0) is 26.8 Å².